The first-order valence-electron chi connectivity index (χ1n) is 37.4. The van der Waals surface area contributed by atoms with E-state index in [9.17, 15) is 35.1 Å². The number of hydrogen-bond acceptors (Lipinski definition) is 10. The van der Waals surface area contributed by atoms with Crippen molar-refractivity contribution in [2.24, 2.45) is 0 Å². The Balaban J connectivity index is 2.52. The van der Waals surface area contributed by atoms with Crippen molar-refractivity contribution in [1.29, 1.82) is 0 Å². The van der Waals surface area contributed by atoms with Crippen LogP contribution in [0.25, 0.3) is 0 Å². The van der Waals surface area contributed by atoms with Gasteiger partial charge in [-0.15, -0.1) is 0 Å². The normalized spacial score (nSPS) is 18.6. The fourth-order valence-corrected chi connectivity index (χ4v) is 11.4. The van der Waals surface area contributed by atoms with Gasteiger partial charge in [0.05, 0.1) is 25.4 Å². The van der Waals surface area contributed by atoms with Crippen LogP contribution in [0.2, 0.25) is 0 Å². The fourth-order valence-electron chi connectivity index (χ4n) is 11.4. The molecule has 89 heavy (non-hydrogen) atoms. The Morgan fingerprint density at radius 2 is 0.809 bits per heavy atom. The van der Waals surface area contributed by atoms with Crippen molar-refractivity contribution in [2.45, 2.75) is 384 Å². The lowest BCUT2D eigenvalue weighted by atomic mass is 9.99. The third-order valence-corrected chi connectivity index (χ3v) is 17.3. The van der Waals surface area contributed by atoms with Gasteiger partial charge in [0.25, 0.3) is 0 Å². The van der Waals surface area contributed by atoms with Gasteiger partial charge in [-0.1, -0.05) is 318 Å². The molecule has 1 fully saturated rings. The minimum Gasteiger partial charge on any atom is -0.454 e. The summed E-state index contributed by atoms with van der Waals surface area (Å²) in [6.45, 7) is 5.70. The van der Waals surface area contributed by atoms with Gasteiger partial charge >= 0.3 is 5.97 Å². The highest BCUT2D eigenvalue weighted by atomic mass is 16.7. The number of esters is 1. The number of unbranched alkanes of at least 4 members (excludes halogenated alkanes) is 38. The summed E-state index contributed by atoms with van der Waals surface area (Å²) < 4.78 is 17.7. The first-order chi connectivity index (χ1) is 43.7. The quantitative estimate of drug-likeness (QED) is 0.0195. The second kappa shape index (κ2) is 64.9. The highest BCUT2D eigenvalue weighted by Gasteiger charge is 2.47. The monoisotopic (exact) mass is 1250 g/mol. The van der Waals surface area contributed by atoms with Crippen LogP contribution >= 0.6 is 0 Å². The Kier molecular flexibility index (Phi) is 61.2. The number of aliphatic hydroxyl groups excluding tert-OH is 5. The standard InChI is InChI=1S/C78H139NO10/c1-4-7-10-13-16-19-22-24-26-28-30-32-34-35-36-38-39-41-43-45-47-50-53-56-59-62-65-71(82)77(86)79-69(70(81)64-61-58-55-52-49-21-18-15-12-9-6-3)68-87-78-76(75(85)74(84)72(67-80)88-78)89-73(83)66-63-60-57-54-51-48-46-44-42-40-37-33-31-29-27-25-23-20-17-14-11-8-5-2/h7,10,16,19,24-27,30,32,35-36,61,64,69-72,74-76,78,80-82,84-85H,4-6,8-9,11-15,17-18,20-23,28-29,31,33-34,37-60,62-63,65-68H2,1-3H3,(H,79,86)/b10-7-,19-16-,26-24-,27-25+,32-30-,36-35-,64-61+. The zero-order valence-corrected chi connectivity index (χ0v) is 57.5. The Labute approximate surface area is 546 Å². The molecule has 0 saturated carbocycles. The predicted molar refractivity (Wildman–Crippen MR) is 375 cm³/mol. The van der Waals surface area contributed by atoms with Crippen molar-refractivity contribution < 1.29 is 49.3 Å². The minimum absolute atomic E-state index is 0.123. The number of ether oxygens (including phenoxy) is 3. The lowest BCUT2D eigenvalue weighted by Gasteiger charge is -2.41. The van der Waals surface area contributed by atoms with Gasteiger partial charge in [-0.3, -0.25) is 9.59 Å². The Morgan fingerprint density at radius 3 is 1.22 bits per heavy atom. The average Bonchev–Trinajstić information content (AvgIpc) is 2.45. The average molecular weight is 1250 g/mol. The summed E-state index contributed by atoms with van der Waals surface area (Å²) in [5.74, 6) is -1.19. The van der Waals surface area contributed by atoms with Crippen molar-refractivity contribution in [3.8, 4) is 0 Å². The molecule has 6 N–H and O–H groups in total. The van der Waals surface area contributed by atoms with Gasteiger partial charge in [0.2, 0.25) is 5.91 Å². The SMILES string of the molecule is CC/C=C\C/C=C\C/C=C\C/C=C\C/C=C\CCCCCCCCCCCCC(O)C(=O)NC(COC1OC(CO)C(O)C(O)C1OC(=O)CCCCCCCCCCCCCCC/C=C/CCCCCCCC)C(O)/C=C/CCCCCCCCCCC. The Hall–Kier alpha value is -3.16. The van der Waals surface area contributed by atoms with Gasteiger partial charge in [-0.05, 0) is 96.3 Å². The molecule has 0 spiro atoms. The largest absolute Gasteiger partial charge is 0.454 e. The zero-order valence-electron chi connectivity index (χ0n) is 57.5. The molecule has 0 aromatic rings. The van der Waals surface area contributed by atoms with Crippen LogP contribution in [0.15, 0.2) is 85.1 Å². The molecular formula is C78H139NO10. The number of carbonyl (C=O) groups is 2. The highest BCUT2D eigenvalue weighted by molar-refractivity contribution is 5.80. The van der Waals surface area contributed by atoms with Crippen molar-refractivity contribution in [3.05, 3.63) is 85.1 Å². The molecule has 516 valence electrons. The second-order valence-electron chi connectivity index (χ2n) is 25.6. The second-order valence-corrected chi connectivity index (χ2v) is 25.6. The van der Waals surface area contributed by atoms with E-state index in [1.165, 1.54) is 193 Å². The van der Waals surface area contributed by atoms with Gasteiger partial charge in [-0.25, -0.2) is 0 Å². The maximum absolute atomic E-state index is 13.5. The van der Waals surface area contributed by atoms with Crippen molar-refractivity contribution in [1.82, 2.24) is 5.32 Å². The predicted octanol–water partition coefficient (Wildman–Crippen LogP) is 19.6. The zero-order chi connectivity index (χ0) is 64.6. The van der Waals surface area contributed by atoms with Crippen LogP contribution in [0.4, 0.5) is 0 Å². The molecule has 0 bridgehead atoms. The van der Waals surface area contributed by atoms with E-state index >= 15 is 0 Å². The minimum atomic E-state index is -1.62. The first-order valence-corrected chi connectivity index (χ1v) is 37.4. The number of amides is 1. The topological polar surface area (TPSA) is 175 Å². The molecule has 1 aliphatic heterocycles. The number of nitrogens with one attached hydrogen (secondary N) is 1. The fraction of sp³-hybridized carbons (Fsp3) is 0.795. The molecule has 8 atom stereocenters. The van der Waals surface area contributed by atoms with Crippen LogP contribution < -0.4 is 5.32 Å². The molecule has 0 aliphatic carbocycles. The maximum Gasteiger partial charge on any atom is 0.306 e. The van der Waals surface area contributed by atoms with Crippen molar-refractivity contribution >= 4 is 11.9 Å². The van der Waals surface area contributed by atoms with Crippen LogP contribution in [-0.2, 0) is 23.8 Å². The number of allylic oxidation sites excluding steroid dienone is 13. The van der Waals surface area contributed by atoms with Gasteiger partial charge < -0.3 is 45.1 Å². The van der Waals surface area contributed by atoms with E-state index in [1.807, 2.05) is 6.08 Å². The van der Waals surface area contributed by atoms with Crippen molar-refractivity contribution in [3.63, 3.8) is 0 Å². The van der Waals surface area contributed by atoms with Crippen LogP contribution in [0.3, 0.4) is 0 Å². The summed E-state index contributed by atoms with van der Waals surface area (Å²) >= 11 is 0. The molecule has 0 aromatic carbocycles. The van der Waals surface area contributed by atoms with E-state index in [0.29, 0.717) is 12.8 Å². The molecule has 1 aliphatic rings. The molecule has 11 heteroatoms. The smallest absolute Gasteiger partial charge is 0.306 e. The highest BCUT2D eigenvalue weighted by Crippen LogP contribution is 2.26. The third-order valence-electron chi connectivity index (χ3n) is 17.3. The van der Waals surface area contributed by atoms with E-state index in [0.717, 1.165) is 96.3 Å². The van der Waals surface area contributed by atoms with Gasteiger partial charge in [0, 0.05) is 6.42 Å². The first kappa shape index (κ1) is 83.9. The van der Waals surface area contributed by atoms with E-state index in [4.69, 9.17) is 14.2 Å². The van der Waals surface area contributed by atoms with E-state index in [1.54, 1.807) is 6.08 Å². The summed E-state index contributed by atoms with van der Waals surface area (Å²) in [6.07, 6.45) is 76.3. The summed E-state index contributed by atoms with van der Waals surface area (Å²) in [4.78, 5) is 26.7. The third kappa shape index (κ3) is 52.0. The molecule has 1 saturated heterocycles. The van der Waals surface area contributed by atoms with Crippen molar-refractivity contribution in [2.75, 3.05) is 13.2 Å². The number of hydrogen-bond donors (Lipinski definition) is 6. The van der Waals surface area contributed by atoms with E-state index in [-0.39, 0.29) is 19.4 Å². The number of aliphatic hydroxyl groups is 5. The molecule has 0 aromatic heterocycles. The summed E-state index contributed by atoms with van der Waals surface area (Å²) in [7, 11) is 0. The van der Waals surface area contributed by atoms with Crippen LogP contribution in [0, 0.1) is 0 Å². The lowest BCUT2D eigenvalue weighted by Crippen LogP contribution is -2.61. The molecule has 1 amide bonds. The molecule has 11 nitrogen and oxygen atoms in total. The summed E-state index contributed by atoms with van der Waals surface area (Å²) in [5, 5.41) is 57.3. The van der Waals surface area contributed by atoms with E-state index in [2.05, 4.69) is 99.0 Å². The van der Waals surface area contributed by atoms with Crippen LogP contribution in [-0.4, -0.2) is 99.6 Å². The number of carbonyl (C=O) groups excluding carboxylic acids is 2. The molecule has 1 heterocycles. The van der Waals surface area contributed by atoms with Gasteiger partial charge in [0.15, 0.2) is 12.4 Å². The summed E-state index contributed by atoms with van der Waals surface area (Å²) in [5.41, 5.74) is 0. The Morgan fingerprint density at radius 1 is 0.449 bits per heavy atom. The van der Waals surface area contributed by atoms with E-state index < -0.39 is 67.4 Å². The molecule has 8 unspecified atom stereocenters. The molecule has 0 radical (unpaired) electrons. The van der Waals surface area contributed by atoms with Crippen LogP contribution in [0.5, 0.6) is 0 Å². The van der Waals surface area contributed by atoms with Gasteiger partial charge in [0.1, 0.15) is 24.4 Å². The summed E-state index contributed by atoms with van der Waals surface area (Å²) in [6, 6.07) is -1.03. The van der Waals surface area contributed by atoms with Crippen LogP contribution in [0.1, 0.15) is 335 Å². The van der Waals surface area contributed by atoms with Gasteiger partial charge in [-0.2, -0.15) is 0 Å². The maximum atomic E-state index is 13.5. The lowest BCUT2D eigenvalue weighted by molar-refractivity contribution is -0.305. The molecule has 1 rings (SSSR count). The molecular weight excluding hydrogens is 1110 g/mol. The Bertz CT molecular complexity index is 1780. The number of rotatable bonds is 64.